The van der Waals surface area contributed by atoms with Crippen molar-refractivity contribution in [2.45, 2.75) is 23.1 Å². The Morgan fingerprint density at radius 3 is 2.45 bits per heavy atom. The Labute approximate surface area is 200 Å². The van der Waals surface area contributed by atoms with Gasteiger partial charge >= 0.3 is 0 Å². The van der Waals surface area contributed by atoms with Gasteiger partial charge in [0.25, 0.3) is 10.0 Å². The molecular formula is C25H18N2O3S3. The van der Waals surface area contributed by atoms with Gasteiger partial charge in [-0.15, -0.1) is 11.3 Å². The van der Waals surface area contributed by atoms with Crippen molar-refractivity contribution in [3.63, 3.8) is 0 Å². The Hall–Kier alpha value is -3.07. The molecule has 8 heteroatoms. The van der Waals surface area contributed by atoms with Gasteiger partial charge in [-0.2, -0.15) is 12.8 Å². The summed E-state index contributed by atoms with van der Waals surface area (Å²) in [4.78, 5) is 18.4. The number of thiazole rings is 1. The summed E-state index contributed by atoms with van der Waals surface area (Å²) in [6.45, 7) is 3.59. The number of thioether (sulfide) groups is 1. The van der Waals surface area contributed by atoms with E-state index in [1.807, 2.05) is 37.3 Å². The fourth-order valence-electron chi connectivity index (χ4n) is 3.61. The normalized spacial score (nSPS) is 15.0. The van der Waals surface area contributed by atoms with Gasteiger partial charge < -0.3 is 0 Å². The molecule has 0 spiro atoms. The third-order valence-corrected chi connectivity index (χ3v) is 8.80. The topological polar surface area (TPSA) is 76.5 Å². The average Bonchev–Trinajstić information content (AvgIpc) is 3.21. The van der Waals surface area contributed by atoms with Crippen LogP contribution in [0.2, 0.25) is 0 Å². The fourth-order valence-corrected chi connectivity index (χ4v) is 7.03. The predicted molar refractivity (Wildman–Crippen MR) is 134 cm³/mol. The highest BCUT2D eigenvalue weighted by Crippen LogP contribution is 2.38. The minimum atomic E-state index is -3.98. The van der Waals surface area contributed by atoms with Crippen LogP contribution in [0, 0.1) is 13.8 Å². The molecule has 0 saturated carbocycles. The lowest BCUT2D eigenvalue weighted by molar-refractivity contribution is 0.104. The van der Waals surface area contributed by atoms with Gasteiger partial charge in [0.1, 0.15) is 0 Å². The molecule has 0 bridgehead atoms. The van der Waals surface area contributed by atoms with Crippen LogP contribution < -0.4 is 0 Å². The van der Waals surface area contributed by atoms with Crippen molar-refractivity contribution in [3.05, 3.63) is 100.0 Å². The molecule has 1 aliphatic rings. The molecule has 33 heavy (non-hydrogen) atoms. The summed E-state index contributed by atoms with van der Waals surface area (Å²) in [5.41, 5.74) is 3.50. The molecule has 0 unspecified atom stereocenters. The van der Waals surface area contributed by atoms with Crippen LogP contribution in [-0.4, -0.2) is 24.9 Å². The minimum Gasteiger partial charge on any atom is -0.288 e. The van der Waals surface area contributed by atoms with Gasteiger partial charge in [-0.1, -0.05) is 60.3 Å². The second-order valence-electron chi connectivity index (χ2n) is 7.65. The second kappa shape index (κ2) is 8.37. The highest BCUT2D eigenvalue weighted by atomic mass is 32.2. The van der Waals surface area contributed by atoms with Gasteiger partial charge in [-0.25, -0.2) is 4.98 Å². The van der Waals surface area contributed by atoms with Crippen LogP contribution in [0.5, 0.6) is 0 Å². The van der Waals surface area contributed by atoms with Crippen molar-refractivity contribution >= 4 is 54.8 Å². The quantitative estimate of drug-likeness (QED) is 0.353. The molecule has 3 aromatic carbocycles. The van der Waals surface area contributed by atoms with Crippen molar-refractivity contribution in [2.24, 2.45) is 4.40 Å². The zero-order chi connectivity index (χ0) is 23.2. The lowest BCUT2D eigenvalue weighted by Gasteiger charge is -2.16. The molecule has 0 aliphatic heterocycles. The SMILES string of the molecule is Cc1ccc(C)c(S(=O)(=O)/N=C2/C=C(Sc3nc4ccccc4s3)C(=O)c3ccccc32)c1. The van der Waals surface area contributed by atoms with Gasteiger partial charge in [0, 0.05) is 11.1 Å². The molecule has 0 N–H and O–H groups in total. The van der Waals surface area contributed by atoms with Crippen LogP contribution in [-0.2, 0) is 10.0 Å². The molecular weight excluding hydrogens is 472 g/mol. The first-order valence-electron chi connectivity index (χ1n) is 10.1. The summed E-state index contributed by atoms with van der Waals surface area (Å²) >= 11 is 2.73. The largest absolute Gasteiger partial charge is 0.288 e. The van der Waals surface area contributed by atoms with Crippen LogP contribution in [0.3, 0.4) is 0 Å². The van der Waals surface area contributed by atoms with E-state index in [2.05, 4.69) is 9.38 Å². The summed E-state index contributed by atoms with van der Waals surface area (Å²) in [5.74, 6) is -0.169. The summed E-state index contributed by atoms with van der Waals surface area (Å²) in [6, 6.07) is 20.0. The molecule has 0 fully saturated rings. The van der Waals surface area contributed by atoms with Crippen LogP contribution in [0.25, 0.3) is 10.2 Å². The number of carbonyl (C=O) groups excluding carboxylic acids is 1. The number of nitrogens with zero attached hydrogens (tertiary/aromatic N) is 2. The third kappa shape index (κ3) is 4.17. The van der Waals surface area contributed by atoms with E-state index in [0.717, 1.165) is 15.8 Å². The van der Waals surface area contributed by atoms with E-state index in [-0.39, 0.29) is 16.4 Å². The van der Waals surface area contributed by atoms with Crippen LogP contribution in [0.15, 0.2) is 91.3 Å². The Morgan fingerprint density at radius 1 is 0.939 bits per heavy atom. The van der Waals surface area contributed by atoms with E-state index in [0.29, 0.717) is 25.9 Å². The van der Waals surface area contributed by atoms with Gasteiger partial charge in [-0.05, 0) is 49.2 Å². The molecule has 0 atom stereocenters. The Balaban J connectivity index is 1.62. The monoisotopic (exact) mass is 490 g/mol. The number of rotatable bonds is 4. The Bertz CT molecular complexity index is 1570. The maximum atomic E-state index is 13.2. The van der Waals surface area contributed by atoms with E-state index in [9.17, 15) is 13.2 Å². The first kappa shape index (κ1) is 21.8. The van der Waals surface area contributed by atoms with Crippen LogP contribution >= 0.6 is 23.1 Å². The number of carbonyl (C=O) groups is 1. The Morgan fingerprint density at radius 2 is 1.67 bits per heavy atom. The molecule has 0 radical (unpaired) electrons. The molecule has 0 saturated heterocycles. The Kier molecular flexibility index (Phi) is 5.52. The number of allylic oxidation sites excluding steroid dienone is 2. The number of hydrogen-bond acceptors (Lipinski definition) is 6. The molecule has 0 amide bonds. The minimum absolute atomic E-state index is 0.165. The lowest BCUT2D eigenvalue weighted by Crippen LogP contribution is -2.17. The van der Waals surface area contributed by atoms with Crippen molar-refractivity contribution in [1.29, 1.82) is 0 Å². The standard InChI is InChI=1S/C25H18N2O3S3/c1-15-11-12-16(2)23(13-15)33(29,30)27-20-14-22(24(28)18-8-4-3-7-17(18)20)32-25-26-19-9-5-6-10-21(19)31-25/h3-14H,1-2H3/b27-20-. The van der Waals surface area contributed by atoms with E-state index >= 15 is 0 Å². The predicted octanol–water partition coefficient (Wildman–Crippen LogP) is 5.96. The molecule has 5 rings (SSSR count). The highest BCUT2D eigenvalue weighted by molar-refractivity contribution is 8.05. The van der Waals surface area contributed by atoms with Crippen LogP contribution in [0.1, 0.15) is 27.0 Å². The number of aromatic nitrogens is 1. The van der Waals surface area contributed by atoms with Crippen molar-refractivity contribution in [2.75, 3.05) is 0 Å². The second-order valence-corrected chi connectivity index (χ2v) is 11.5. The number of aryl methyl sites for hydroxylation is 2. The van der Waals surface area contributed by atoms with Gasteiger partial charge in [0.15, 0.2) is 4.34 Å². The van der Waals surface area contributed by atoms with Crippen LogP contribution in [0.4, 0.5) is 0 Å². The smallest absolute Gasteiger partial charge is 0.283 e. The van der Waals surface area contributed by atoms with Gasteiger partial charge in [0.2, 0.25) is 5.78 Å². The van der Waals surface area contributed by atoms with Crippen molar-refractivity contribution in [1.82, 2.24) is 4.98 Å². The maximum Gasteiger partial charge on any atom is 0.283 e. The van der Waals surface area contributed by atoms with E-state index < -0.39 is 10.0 Å². The molecule has 1 heterocycles. The summed E-state index contributed by atoms with van der Waals surface area (Å²) < 4.78 is 32.4. The molecule has 4 aromatic rings. The number of Topliss-reactive ketones (excluding diaryl/α,β-unsaturated/α-hetero) is 1. The molecule has 164 valence electrons. The fraction of sp³-hybridized carbons (Fsp3) is 0.0800. The molecule has 1 aliphatic carbocycles. The van der Waals surface area contributed by atoms with Gasteiger partial charge in [0.05, 0.1) is 25.7 Å². The number of benzene rings is 3. The summed E-state index contributed by atoms with van der Waals surface area (Å²) in [5, 5.41) is 0. The number of sulfonamides is 1. The maximum absolute atomic E-state index is 13.2. The number of para-hydroxylation sites is 1. The van der Waals surface area contributed by atoms with Crippen molar-refractivity contribution < 1.29 is 13.2 Å². The van der Waals surface area contributed by atoms with E-state index in [1.54, 1.807) is 49.4 Å². The number of hydrogen-bond donors (Lipinski definition) is 0. The highest BCUT2D eigenvalue weighted by Gasteiger charge is 2.27. The first-order chi connectivity index (χ1) is 15.8. The van der Waals surface area contributed by atoms with E-state index in [1.165, 1.54) is 23.1 Å². The zero-order valence-corrected chi connectivity index (χ0v) is 20.2. The van der Waals surface area contributed by atoms with Crippen molar-refractivity contribution in [3.8, 4) is 0 Å². The average molecular weight is 491 g/mol. The summed E-state index contributed by atoms with van der Waals surface area (Å²) in [7, 11) is -3.98. The first-order valence-corrected chi connectivity index (χ1v) is 13.2. The molecule has 5 nitrogen and oxygen atoms in total. The lowest BCUT2D eigenvalue weighted by atomic mass is 9.94. The summed E-state index contributed by atoms with van der Waals surface area (Å²) in [6.07, 6.45) is 1.56. The number of ketones is 1. The zero-order valence-electron chi connectivity index (χ0n) is 17.8. The number of fused-ring (bicyclic) bond motifs is 2. The van der Waals surface area contributed by atoms with E-state index in [4.69, 9.17) is 0 Å². The van der Waals surface area contributed by atoms with Gasteiger partial charge in [-0.3, -0.25) is 4.79 Å². The molecule has 1 aromatic heterocycles. The third-order valence-electron chi connectivity index (χ3n) is 5.25.